The Morgan fingerprint density at radius 1 is 1.59 bits per heavy atom. The van der Waals surface area contributed by atoms with Gasteiger partial charge in [0.25, 0.3) is 0 Å². The predicted molar refractivity (Wildman–Crippen MR) is 75.2 cm³/mol. The van der Waals surface area contributed by atoms with Crippen molar-refractivity contribution in [1.82, 2.24) is 10.3 Å². The van der Waals surface area contributed by atoms with Gasteiger partial charge in [-0.15, -0.1) is 0 Å². The third-order valence-electron chi connectivity index (χ3n) is 3.60. The predicted octanol–water partition coefficient (Wildman–Crippen LogP) is 3.03. The fourth-order valence-electron chi connectivity index (χ4n) is 2.35. The van der Waals surface area contributed by atoms with Crippen LogP contribution in [-0.2, 0) is 0 Å². The summed E-state index contributed by atoms with van der Waals surface area (Å²) in [5.41, 5.74) is 1.48. The van der Waals surface area contributed by atoms with Crippen LogP contribution in [0, 0.1) is 5.41 Å². The highest BCUT2D eigenvalue weighted by atomic mass is 79.9. The van der Waals surface area contributed by atoms with E-state index in [1.165, 1.54) is 12.8 Å². The minimum Gasteiger partial charge on any atom is -0.382 e. The van der Waals surface area contributed by atoms with Crippen LogP contribution in [0.3, 0.4) is 0 Å². The molecular weight excluding hydrogens is 278 g/mol. The molecule has 17 heavy (non-hydrogen) atoms. The average Bonchev–Trinajstić information content (AvgIpc) is 2.29. The van der Waals surface area contributed by atoms with E-state index in [4.69, 9.17) is 0 Å². The first-order valence-corrected chi connectivity index (χ1v) is 6.96. The SMILES string of the molecule is CC1(C)CCCNC1CNc1ccncc1Br. The lowest BCUT2D eigenvalue weighted by atomic mass is 9.77. The second kappa shape index (κ2) is 5.36. The van der Waals surface area contributed by atoms with Crippen molar-refractivity contribution in [3.8, 4) is 0 Å². The number of aromatic nitrogens is 1. The molecule has 0 spiro atoms. The molecule has 4 heteroatoms. The highest BCUT2D eigenvalue weighted by Crippen LogP contribution is 2.30. The van der Waals surface area contributed by atoms with E-state index in [-0.39, 0.29) is 0 Å². The third kappa shape index (κ3) is 3.19. The van der Waals surface area contributed by atoms with Gasteiger partial charge in [-0.05, 0) is 46.8 Å². The number of piperidine rings is 1. The summed E-state index contributed by atoms with van der Waals surface area (Å²) in [6.45, 7) is 6.77. The van der Waals surface area contributed by atoms with Gasteiger partial charge in [-0.25, -0.2) is 0 Å². The van der Waals surface area contributed by atoms with E-state index >= 15 is 0 Å². The molecule has 2 N–H and O–H groups in total. The second-order valence-corrected chi connectivity index (χ2v) is 6.19. The summed E-state index contributed by atoms with van der Waals surface area (Å²) in [4.78, 5) is 4.07. The summed E-state index contributed by atoms with van der Waals surface area (Å²) < 4.78 is 1.02. The van der Waals surface area contributed by atoms with Gasteiger partial charge in [0.15, 0.2) is 0 Å². The molecule has 1 aromatic heterocycles. The van der Waals surface area contributed by atoms with Crippen LogP contribution < -0.4 is 10.6 Å². The Morgan fingerprint density at radius 2 is 2.41 bits per heavy atom. The van der Waals surface area contributed by atoms with Crippen molar-refractivity contribution in [1.29, 1.82) is 0 Å². The van der Waals surface area contributed by atoms with Gasteiger partial charge < -0.3 is 10.6 Å². The molecule has 1 fully saturated rings. The van der Waals surface area contributed by atoms with Crippen LogP contribution >= 0.6 is 15.9 Å². The first-order valence-electron chi connectivity index (χ1n) is 6.16. The van der Waals surface area contributed by atoms with E-state index in [0.29, 0.717) is 11.5 Å². The largest absolute Gasteiger partial charge is 0.382 e. The number of hydrogen-bond donors (Lipinski definition) is 2. The van der Waals surface area contributed by atoms with Gasteiger partial charge in [0.1, 0.15) is 0 Å². The van der Waals surface area contributed by atoms with E-state index in [0.717, 1.165) is 23.2 Å². The van der Waals surface area contributed by atoms with E-state index in [1.54, 1.807) is 0 Å². The van der Waals surface area contributed by atoms with Crippen molar-refractivity contribution in [2.45, 2.75) is 32.7 Å². The normalized spacial score (nSPS) is 23.4. The molecule has 0 amide bonds. The van der Waals surface area contributed by atoms with Crippen LogP contribution in [0.15, 0.2) is 22.9 Å². The molecule has 1 aromatic rings. The van der Waals surface area contributed by atoms with Crippen LogP contribution in [0.25, 0.3) is 0 Å². The van der Waals surface area contributed by atoms with Crippen molar-refractivity contribution in [2.24, 2.45) is 5.41 Å². The Kier molecular flexibility index (Phi) is 4.05. The molecular formula is C13H20BrN3. The molecule has 2 heterocycles. The van der Waals surface area contributed by atoms with Gasteiger partial charge in [0, 0.05) is 25.0 Å². The van der Waals surface area contributed by atoms with Gasteiger partial charge in [-0.1, -0.05) is 13.8 Å². The minimum atomic E-state index is 0.366. The zero-order valence-corrected chi connectivity index (χ0v) is 12.0. The Bertz CT molecular complexity index is 379. The molecule has 3 nitrogen and oxygen atoms in total. The third-order valence-corrected chi connectivity index (χ3v) is 4.23. The summed E-state index contributed by atoms with van der Waals surface area (Å²) in [6, 6.07) is 2.52. The lowest BCUT2D eigenvalue weighted by molar-refractivity contribution is 0.188. The maximum absolute atomic E-state index is 4.07. The first kappa shape index (κ1) is 12.8. The van der Waals surface area contributed by atoms with Gasteiger partial charge in [0.2, 0.25) is 0 Å². The van der Waals surface area contributed by atoms with E-state index in [9.17, 15) is 0 Å². The van der Waals surface area contributed by atoms with E-state index in [2.05, 4.69) is 45.4 Å². The van der Waals surface area contributed by atoms with Crippen molar-refractivity contribution in [3.63, 3.8) is 0 Å². The molecule has 1 aliphatic rings. The molecule has 0 bridgehead atoms. The monoisotopic (exact) mass is 297 g/mol. The maximum atomic E-state index is 4.07. The Balaban J connectivity index is 1.96. The smallest absolute Gasteiger partial charge is 0.0590 e. The quantitative estimate of drug-likeness (QED) is 0.900. The lowest BCUT2D eigenvalue weighted by Gasteiger charge is -2.39. The molecule has 0 radical (unpaired) electrons. The molecule has 0 saturated carbocycles. The highest BCUT2D eigenvalue weighted by Gasteiger charge is 2.31. The highest BCUT2D eigenvalue weighted by molar-refractivity contribution is 9.10. The molecule has 94 valence electrons. The fourth-order valence-corrected chi connectivity index (χ4v) is 2.74. The van der Waals surface area contributed by atoms with Gasteiger partial charge in [-0.3, -0.25) is 4.98 Å². The summed E-state index contributed by atoms with van der Waals surface area (Å²) >= 11 is 3.50. The van der Waals surface area contributed by atoms with Crippen LogP contribution in [0.4, 0.5) is 5.69 Å². The molecule has 0 aromatic carbocycles. The Morgan fingerprint density at radius 3 is 3.12 bits per heavy atom. The van der Waals surface area contributed by atoms with E-state index < -0.39 is 0 Å². The van der Waals surface area contributed by atoms with Crippen LogP contribution in [-0.4, -0.2) is 24.1 Å². The zero-order chi connectivity index (χ0) is 12.3. The number of nitrogens with zero attached hydrogens (tertiary/aromatic N) is 1. The summed E-state index contributed by atoms with van der Waals surface area (Å²) in [5.74, 6) is 0. The fraction of sp³-hybridized carbons (Fsp3) is 0.615. The molecule has 0 aliphatic carbocycles. The van der Waals surface area contributed by atoms with Crippen molar-refractivity contribution in [3.05, 3.63) is 22.9 Å². The van der Waals surface area contributed by atoms with Crippen molar-refractivity contribution >= 4 is 21.6 Å². The Hall–Kier alpha value is -0.610. The lowest BCUT2D eigenvalue weighted by Crippen LogP contribution is -2.50. The number of hydrogen-bond acceptors (Lipinski definition) is 3. The summed E-state index contributed by atoms with van der Waals surface area (Å²) in [5, 5.41) is 7.09. The minimum absolute atomic E-state index is 0.366. The van der Waals surface area contributed by atoms with Gasteiger partial charge in [0.05, 0.1) is 10.2 Å². The molecule has 2 rings (SSSR count). The van der Waals surface area contributed by atoms with E-state index in [1.807, 2.05) is 18.5 Å². The molecule has 1 unspecified atom stereocenters. The molecule has 1 aliphatic heterocycles. The summed E-state index contributed by atoms with van der Waals surface area (Å²) in [7, 11) is 0. The number of halogens is 1. The van der Waals surface area contributed by atoms with Crippen LogP contribution in [0.2, 0.25) is 0 Å². The van der Waals surface area contributed by atoms with Gasteiger partial charge >= 0.3 is 0 Å². The second-order valence-electron chi connectivity index (χ2n) is 5.34. The molecule has 1 atom stereocenters. The van der Waals surface area contributed by atoms with Crippen LogP contribution in [0.1, 0.15) is 26.7 Å². The first-order chi connectivity index (χ1) is 8.09. The number of rotatable bonds is 3. The zero-order valence-electron chi connectivity index (χ0n) is 10.5. The Labute approximate surface area is 112 Å². The number of anilines is 1. The summed E-state index contributed by atoms with van der Waals surface area (Å²) in [6.07, 6.45) is 6.21. The van der Waals surface area contributed by atoms with Crippen molar-refractivity contribution < 1.29 is 0 Å². The van der Waals surface area contributed by atoms with Crippen molar-refractivity contribution in [2.75, 3.05) is 18.4 Å². The number of pyridine rings is 1. The molecule has 1 saturated heterocycles. The topological polar surface area (TPSA) is 37.0 Å². The number of nitrogens with one attached hydrogen (secondary N) is 2. The average molecular weight is 298 g/mol. The van der Waals surface area contributed by atoms with Crippen LogP contribution in [0.5, 0.6) is 0 Å². The maximum Gasteiger partial charge on any atom is 0.0590 e. The standard InChI is InChI=1S/C13H20BrN3/c1-13(2)5-3-6-16-12(13)9-17-11-4-7-15-8-10(11)14/h4,7-8,12,16H,3,5-6,9H2,1-2H3,(H,15,17). The van der Waals surface area contributed by atoms with Gasteiger partial charge in [-0.2, -0.15) is 0 Å².